The third kappa shape index (κ3) is 6.32. The lowest BCUT2D eigenvalue weighted by Crippen LogP contribution is -2.10. The number of hydrogen-bond donors (Lipinski definition) is 0. The molecule has 2 aromatic carbocycles. The quantitative estimate of drug-likeness (QED) is 0.370. The first-order valence-electron chi connectivity index (χ1n) is 9.56. The fourth-order valence-corrected chi connectivity index (χ4v) is 4.62. The molecule has 0 amide bonds. The summed E-state index contributed by atoms with van der Waals surface area (Å²) in [4.78, 5) is 21.4. The van der Waals surface area contributed by atoms with Crippen LogP contribution in [0.2, 0.25) is 0 Å². The molecule has 0 N–H and O–H groups in total. The van der Waals surface area contributed by atoms with Crippen molar-refractivity contribution in [2.24, 2.45) is 0 Å². The maximum atomic E-state index is 13.0. The van der Waals surface area contributed by atoms with Gasteiger partial charge in [0.25, 0.3) is 0 Å². The van der Waals surface area contributed by atoms with E-state index in [0.29, 0.717) is 16.8 Å². The van der Waals surface area contributed by atoms with Gasteiger partial charge >= 0.3 is 0 Å². The third-order valence-corrected chi connectivity index (χ3v) is 6.47. The van der Waals surface area contributed by atoms with Crippen LogP contribution in [0.5, 0.6) is 0 Å². The number of sulfone groups is 1. The minimum Gasteiger partial charge on any atom is -0.294 e. The van der Waals surface area contributed by atoms with Crippen molar-refractivity contribution in [1.82, 2.24) is 9.97 Å². The number of thiocarbonyl (C=S) groups is 1. The van der Waals surface area contributed by atoms with Gasteiger partial charge in [-0.15, -0.1) is 0 Å². The zero-order valence-corrected chi connectivity index (χ0v) is 18.8. The predicted molar refractivity (Wildman–Crippen MR) is 120 cm³/mol. The molecule has 0 bridgehead atoms. The van der Waals surface area contributed by atoms with Crippen molar-refractivity contribution in [1.29, 1.82) is 0 Å². The molecule has 0 aliphatic carbocycles. The lowest BCUT2D eigenvalue weighted by Gasteiger charge is -2.08. The molecular weight excluding hydrogens is 435 g/mol. The highest BCUT2D eigenvalue weighted by atomic mass is 32.2. The van der Waals surface area contributed by atoms with E-state index in [4.69, 9.17) is 12.2 Å². The van der Waals surface area contributed by atoms with Gasteiger partial charge < -0.3 is 0 Å². The Labute approximate surface area is 186 Å². The van der Waals surface area contributed by atoms with Crippen LogP contribution in [0.15, 0.2) is 59.5 Å². The zero-order chi connectivity index (χ0) is 22.6. The van der Waals surface area contributed by atoms with Gasteiger partial charge in [-0.2, -0.15) is 0 Å². The van der Waals surface area contributed by atoms with Crippen LogP contribution in [0, 0.1) is 19.7 Å². The Kier molecular flexibility index (Phi) is 7.02. The number of rotatable bonds is 8. The summed E-state index contributed by atoms with van der Waals surface area (Å²) in [5.74, 6) is -0.600. The third-order valence-electron chi connectivity index (χ3n) is 4.56. The fraction of sp³-hybridized carbons (Fsp3) is 0.217. The lowest BCUT2D eigenvalue weighted by molar-refractivity contribution is 0.100. The molecular formula is C23H21FN2O3S2. The van der Waals surface area contributed by atoms with E-state index in [1.54, 1.807) is 32.0 Å². The largest absolute Gasteiger partial charge is 0.294 e. The maximum absolute atomic E-state index is 13.0. The van der Waals surface area contributed by atoms with E-state index in [-0.39, 0.29) is 28.7 Å². The predicted octanol–water partition coefficient (Wildman–Crippen LogP) is 4.39. The zero-order valence-electron chi connectivity index (χ0n) is 17.1. The second-order valence-electron chi connectivity index (χ2n) is 7.29. The second-order valence-corrected chi connectivity index (χ2v) is 9.86. The molecule has 0 radical (unpaired) electrons. The molecule has 1 heterocycles. The summed E-state index contributed by atoms with van der Waals surface area (Å²) >= 11 is 5.33. The Morgan fingerprint density at radius 1 is 0.968 bits per heavy atom. The van der Waals surface area contributed by atoms with Gasteiger partial charge in [0.15, 0.2) is 15.6 Å². The monoisotopic (exact) mass is 456 g/mol. The van der Waals surface area contributed by atoms with Gasteiger partial charge in [-0.05, 0) is 61.9 Å². The molecule has 0 aliphatic heterocycles. The van der Waals surface area contributed by atoms with Crippen LogP contribution in [0.25, 0.3) is 0 Å². The molecule has 0 atom stereocenters. The van der Waals surface area contributed by atoms with E-state index in [0.717, 1.165) is 17.0 Å². The molecule has 0 fully saturated rings. The number of hydrogen-bond acceptors (Lipinski definition) is 6. The highest BCUT2D eigenvalue weighted by Crippen LogP contribution is 2.17. The first kappa shape index (κ1) is 22.8. The van der Waals surface area contributed by atoms with Gasteiger partial charge in [0.1, 0.15) is 17.4 Å². The lowest BCUT2D eigenvalue weighted by atomic mass is 10.0. The highest BCUT2D eigenvalue weighted by Gasteiger charge is 2.18. The number of aromatic nitrogens is 2. The van der Waals surface area contributed by atoms with Crippen molar-refractivity contribution in [3.05, 3.63) is 88.8 Å². The van der Waals surface area contributed by atoms with E-state index in [1.807, 2.05) is 0 Å². The summed E-state index contributed by atoms with van der Waals surface area (Å²) in [6, 6.07) is 13.5. The van der Waals surface area contributed by atoms with Gasteiger partial charge in [0.2, 0.25) is 0 Å². The van der Waals surface area contributed by atoms with Crippen molar-refractivity contribution >= 4 is 32.7 Å². The van der Waals surface area contributed by atoms with Crippen LogP contribution in [-0.4, -0.2) is 29.0 Å². The molecule has 0 unspecified atom stereocenters. The van der Waals surface area contributed by atoms with E-state index in [2.05, 4.69) is 9.97 Å². The van der Waals surface area contributed by atoms with Crippen LogP contribution >= 0.6 is 12.2 Å². The van der Waals surface area contributed by atoms with E-state index < -0.39 is 15.7 Å². The molecule has 1 aromatic heterocycles. The normalized spacial score (nSPS) is 11.3. The van der Waals surface area contributed by atoms with Gasteiger partial charge in [-0.1, -0.05) is 24.4 Å². The number of carbonyl (C=O) groups is 1. The van der Waals surface area contributed by atoms with E-state index in [1.165, 1.54) is 36.4 Å². The molecule has 3 aromatic rings. The Bertz CT molecular complexity index is 1200. The van der Waals surface area contributed by atoms with Gasteiger partial charge in [-0.3, -0.25) is 4.79 Å². The van der Waals surface area contributed by atoms with Crippen molar-refractivity contribution in [2.75, 3.05) is 0 Å². The number of benzene rings is 2. The molecule has 0 saturated heterocycles. The van der Waals surface area contributed by atoms with Crippen molar-refractivity contribution in [2.45, 2.75) is 37.3 Å². The van der Waals surface area contributed by atoms with Crippen LogP contribution in [-0.2, 0) is 22.0 Å². The Balaban J connectivity index is 1.64. The number of carbonyl (C=O) groups excluding carboxylic acids is 1. The average molecular weight is 457 g/mol. The molecule has 5 nitrogen and oxygen atoms in total. The Morgan fingerprint density at radius 2 is 1.55 bits per heavy atom. The number of nitrogens with zero attached hydrogens (tertiary/aromatic N) is 2. The van der Waals surface area contributed by atoms with Crippen molar-refractivity contribution in [3.8, 4) is 0 Å². The van der Waals surface area contributed by atoms with Crippen LogP contribution < -0.4 is 0 Å². The number of Topliss-reactive ketones (excluding diaryl/α,β-unsaturated/α-hetero) is 1. The van der Waals surface area contributed by atoms with Crippen molar-refractivity contribution < 1.29 is 17.6 Å². The fourth-order valence-electron chi connectivity index (χ4n) is 3.14. The molecule has 3 rings (SSSR count). The molecule has 0 saturated carbocycles. The first-order chi connectivity index (χ1) is 14.6. The molecule has 160 valence electrons. The SMILES string of the molecule is Cc1cc(C)nc(CS(=O)(=O)c2ccc(CC(=S)CC(=O)c3ccc(F)cc3)cc2)n1. The smallest absolute Gasteiger partial charge is 0.185 e. The summed E-state index contributed by atoms with van der Waals surface area (Å²) in [6.07, 6.45) is 0.424. The topological polar surface area (TPSA) is 77.0 Å². The second kappa shape index (κ2) is 9.53. The minimum atomic E-state index is -3.59. The summed E-state index contributed by atoms with van der Waals surface area (Å²) in [6.45, 7) is 3.59. The van der Waals surface area contributed by atoms with E-state index in [9.17, 15) is 17.6 Å². The highest BCUT2D eigenvalue weighted by molar-refractivity contribution is 7.90. The molecule has 0 spiro atoms. The summed E-state index contributed by atoms with van der Waals surface area (Å²) in [7, 11) is -3.59. The van der Waals surface area contributed by atoms with Gasteiger partial charge in [0.05, 0.1) is 4.90 Å². The van der Waals surface area contributed by atoms with Crippen LogP contribution in [0.1, 0.15) is 39.6 Å². The van der Waals surface area contributed by atoms with E-state index >= 15 is 0 Å². The van der Waals surface area contributed by atoms with Gasteiger partial charge in [0, 0.05) is 34.7 Å². The summed E-state index contributed by atoms with van der Waals surface area (Å²) in [5, 5.41) is 0. The van der Waals surface area contributed by atoms with Crippen molar-refractivity contribution in [3.63, 3.8) is 0 Å². The Hall–Kier alpha value is -2.84. The molecule has 31 heavy (non-hydrogen) atoms. The molecule has 0 aliphatic rings. The van der Waals surface area contributed by atoms with Gasteiger partial charge in [-0.25, -0.2) is 22.8 Å². The summed E-state index contributed by atoms with van der Waals surface area (Å²) in [5.41, 5.74) is 2.64. The molecule has 8 heteroatoms. The average Bonchev–Trinajstić information content (AvgIpc) is 2.67. The number of aryl methyl sites for hydroxylation is 2. The first-order valence-corrected chi connectivity index (χ1v) is 11.6. The van der Waals surface area contributed by atoms with Crippen LogP contribution in [0.3, 0.4) is 0 Å². The maximum Gasteiger partial charge on any atom is 0.185 e. The van der Waals surface area contributed by atoms with Crippen LogP contribution in [0.4, 0.5) is 4.39 Å². The Morgan fingerprint density at radius 3 is 2.13 bits per heavy atom. The standard InChI is InChI=1S/C23H21FN2O3S2/c1-15-11-16(2)26-23(25-15)14-31(28,29)21-9-3-17(4-10-21)12-20(30)13-22(27)18-5-7-19(24)8-6-18/h3-11H,12-14H2,1-2H3. The summed E-state index contributed by atoms with van der Waals surface area (Å²) < 4.78 is 38.4. The number of ketones is 1. The minimum absolute atomic E-state index is 0.0606. The number of halogens is 1.